The molecule has 0 unspecified atom stereocenters. The zero-order chi connectivity index (χ0) is 22.8. The Balaban J connectivity index is 1.83. The number of hydrogen-bond acceptors (Lipinski definition) is 4. The number of alkyl halides is 3. The van der Waals surface area contributed by atoms with E-state index in [1.807, 2.05) is 0 Å². The number of amides is 1. The molecule has 0 aromatic heterocycles. The number of piperidine rings is 1. The number of halogens is 4. The van der Waals surface area contributed by atoms with Crippen LogP contribution in [0.1, 0.15) is 19.3 Å². The third-order valence-electron chi connectivity index (χ3n) is 4.82. The highest BCUT2D eigenvalue weighted by Crippen LogP contribution is 2.38. The van der Waals surface area contributed by atoms with Gasteiger partial charge in [0.25, 0.3) is 0 Å². The van der Waals surface area contributed by atoms with E-state index in [9.17, 15) is 26.4 Å². The molecule has 3 rings (SSSR count). The van der Waals surface area contributed by atoms with Crippen LogP contribution in [0, 0.1) is 0 Å². The van der Waals surface area contributed by atoms with Crippen molar-refractivity contribution < 1.29 is 31.1 Å². The molecule has 1 heterocycles. The van der Waals surface area contributed by atoms with Gasteiger partial charge in [0, 0.05) is 23.4 Å². The fourth-order valence-electron chi connectivity index (χ4n) is 3.50. The minimum atomic E-state index is -4.86. The second-order valence-electron chi connectivity index (χ2n) is 7.11. The lowest BCUT2D eigenvalue weighted by atomic mass is 10.0. The van der Waals surface area contributed by atoms with Gasteiger partial charge in [-0.2, -0.15) is 4.31 Å². The van der Waals surface area contributed by atoms with Gasteiger partial charge in [-0.25, -0.2) is 8.42 Å². The molecule has 11 heteroatoms. The van der Waals surface area contributed by atoms with Crippen molar-refractivity contribution in [1.82, 2.24) is 4.31 Å². The number of sulfonamides is 1. The van der Waals surface area contributed by atoms with Crippen LogP contribution >= 0.6 is 11.6 Å². The largest absolute Gasteiger partial charge is 0.573 e. The molecule has 1 amide bonds. The SMILES string of the molecule is CS(=O)(=O)N1CCCC[C@@H]1C(=O)Nc1ccc(-c2ccccc2OC(F)(F)F)c(Cl)c1. The number of anilines is 1. The summed E-state index contributed by atoms with van der Waals surface area (Å²) in [6, 6.07) is 9.08. The van der Waals surface area contributed by atoms with Gasteiger partial charge in [0.15, 0.2) is 0 Å². The zero-order valence-electron chi connectivity index (χ0n) is 16.4. The lowest BCUT2D eigenvalue weighted by Gasteiger charge is -2.32. The molecule has 1 saturated heterocycles. The maximum absolute atomic E-state index is 12.7. The number of nitrogens with zero attached hydrogens (tertiary/aromatic N) is 1. The third-order valence-corrected chi connectivity index (χ3v) is 6.42. The molecule has 168 valence electrons. The Morgan fingerprint density at radius 3 is 2.52 bits per heavy atom. The van der Waals surface area contributed by atoms with Crippen molar-refractivity contribution in [3.63, 3.8) is 0 Å². The second kappa shape index (κ2) is 9.05. The number of nitrogens with one attached hydrogen (secondary N) is 1. The Morgan fingerprint density at radius 1 is 1.16 bits per heavy atom. The monoisotopic (exact) mass is 476 g/mol. The topological polar surface area (TPSA) is 75.7 Å². The summed E-state index contributed by atoms with van der Waals surface area (Å²) >= 11 is 6.28. The number of para-hydroxylation sites is 1. The summed E-state index contributed by atoms with van der Waals surface area (Å²) in [5.41, 5.74) is 0.722. The zero-order valence-corrected chi connectivity index (χ0v) is 18.0. The molecule has 6 nitrogen and oxygen atoms in total. The Bertz CT molecular complexity index is 1080. The number of benzene rings is 2. The van der Waals surface area contributed by atoms with E-state index >= 15 is 0 Å². The summed E-state index contributed by atoms with van der Waals surface area (Å²) in [7, 11) is -3.54. The molecule has 0 spiro atoms. The molecule has 31 heavy (non-hydrogen) atoms. The Kier molecular flexibility index (Phi) is 6.82. The van der Waals surface area contributed by atoms with Crippen molar-refractivity contribution >= 4 is 33.2 Å². The summed E-state index contributed by atoms with van der Waals surface area (Å²) in [5, 5.41) is 2.74. The van der Waals surface area contributed by atoms with Crippen molar-refractivity contribution in [3.8, 4) is 16.9 Å². The first-order valence-corrected chi connectivity index (χ1v) is 11.6. The molecule has 2 aromatic carbocycles. The van der Waals surface area contributed by atoms with E-state index in [1.165, 1.54) is 40.7 Å². The van der Waals surface area contributed by atoms with Crippen LogP contribution in [0.15, 0.2) is 42.5 Å². The molecule has 0 radical (unpaired) electrons. The smallest absolute Gasteiger partial charge is 0.405 e. The summed E-state index contributed by atoms with van der Waals surface area (Å²) in [6.07, 6.45) is -2.00. The number of ether oxygens (including phenoxy) is 1. The molecular formula is C20H20ClF3N2O4S. The predicted molar refractivity (Wildman–Crippen MR) is 111 cm³/mol. The van der Waals surface area contributed by atoms with E-state index in [2.05, 4.69) is 10.1 Å². The minimum absolute atomic E-state index is 0.0969. The van der Waals surface area contributed by atoms with Gasteiger partial charge < -0.3 is 10.1 Å². The van der Waals surface area contributed by atoms with Crippen LogP contribution in [0.2, 0.25) is 5.02 Å². The quantitative estimate of drug-likeness (QED) is 0.681. The second-order valence-corrected chi connectivity index (χ2v) is 9.46. The van der Waals surface area contributed by atoms with Crippen LogP contribution < -0.4 is 10.1 Å². The van der Waals surface area contributed by atoms with Gasteiger partial charge in [0.1, 0.15) is 11.8 Å². The van der Waals surface area contributed by atoms with Crippen molar-refractivity contribution in [2.24, 2.45) is 0 Å². The first-order chi connectivity index (χ1) is 14.5. The Morgan fingerprint density at radius 2 is 1.87 bits per heavy atom. The van der Waals surface area contributed by atoms with Crippen LogP contribution in [-0.2, 0) is 14.8 Å². The van der Waals surface area contributed by atoms with E-state index in [-0.39, 0.29) is 22.7 Å². The number of carbonyl (C=O) groups is 1. The summed E-state index contributed by atoms with van der Waals surface area (Å²) < 4.78 is 67.3. The Hall–Kier alpha value is -2.30. The predicted octanol–water partition coefficient (Wildman–Crippen LogP) is 4.66. The summed E-state index contributed by atoms with van der Waals surface area (Å²) in [6.45, 7) is 0.270. The average molecular weight is 477 g/mol. The molecule has 1 N–H and O–H groups in total. The molecule has 1 aliphatic rings. The van der Waals surface area contributed by atoms with E-state index in [1.54, 1.807) is 6.07 Å². The molecule has 0 bridgehead atoms. The van der Waals surface area contributed by atoms with Crippen LogP contribution in [-0.4, -0.2) is 43.8 Å². The number of carbonyl (C=O) groups excluding carboxylic acids is 1. The van der Waals surface area contributed by atoms with Gasteiger partial charge in [-0.3, -0.25) is 4.79 Å². The first-order valence-electron chi connectivity index (χ1n) is 9.38. The minimum Gasteiger partial charge on any atom is -0.405 e. The molecule has 0 saturated carbocycles. The van der Waals surface area contributed by atoms with E-state index in [0.717, 1.165) is 12.7 Å². The fraction of sp³-hybridized carbons (Fsp3) is 0.350. The number of hydrogen-bond donors (Lipinski definition) is 1. The average Bonchev–Trinajstić information content (AvgIpc) is 2.67. The maximum atomic E-state index is 12.7. The normalized spacial score (nSPS) is 17.9. The molecule has 1 atom stereocenters. The Labute approximate surface area is 183 Å². The van der Waals surface area contributed by atoms with Crippen LogP contribution in [0.4, 0.5) is 18.9 Å². The summed E-state index contributed by atoms with van der Waals surface area (Å²) in [5.74, 6) is -0.894. The van der Waals surface area contributed by atoms with Crippen LogP contribution in [0.5, 0.6) is 5.75 Å². The number of rotatable bonds is 5. The van der Waals surface area contributed by atoms with Crippen molar-refractivity contribution in [3.05, 3.63) is 47.5 Å². The molecule has 0 aliphatic carbocycles. The molecular weight excluding hydrogens is 457 g/mol. The lowest BCUT2D eigenvalue weighted by Crippen LogP contribution is -2.49. The van der Waals surface area contributed by atoms with Gasteiger partial charge in [-0.15, -0.1) is 13.2 Å². The fourth-order valence-corrected chi connectivity index (χ4v) is 4.91. The van der Waals surface area contributed by atoms with Crippen LogP contribution in [0.3, 0.4) is 0 Å². The van der Waals surface area contributed by atoms with Gasteiger partial charge in [0.2, 0.25) is 15.9 Å². The van der Waals surface area contributed by atoms with E-state index in [4.69, 9.17) is 11.6 Å². The molecule has 2 aromatic rings. The molecule has 1 aliphatic heterocycles. The van der Waals surface area contributed by atoms with E-state index < -0.39 is 34.1 Å². The highest BCUT2D eigenvalue weighted by molar-refractivity contribution is 7.88. The van der Waals surface area contributed by atoms with Crippen molar-refractivity contribution in [1.29, 1.82) is 0 Å². The van der Waals surface area contributed by atoms with Gasteiger partial charge >= 0.3 is 6.36 Å². The maximum Gasteiger partial charge on any atom is 0.573 e. The van der Waals surface area contributed by atoms with Gasteiger partial charge in [-0.1, -0.05) is 42.3 Å². The lowest BCUT2D eigenvalue weighted by molar-refractivity contribution is -0.274. The highest BCUT2D eigenvalue weighted by Gasteiger charge is 2.35. The van der Waals surface area contributed by atoms with Gasteiger partial charge in [-0.05, 0) is 31.0 Å². The van der Waals surface area contributed by atoms with Crippen molar-refractivity contribution in [2.75, 3.05) is 18.1 Å². The first kappa shape index (κ1) is 23.4. The summed E-state index contributed by atoms with van der Waals surface area (Å²) in [4.78, 5) is 12.7. The van der Waals surface area contributed by atoms with Crippen LogP contribution in [0.25, 0.3) is 11.1 Å². The van der Waals surface area contributed by atoms with Gasteiger partial charge in [0.05, 0.1) is 11.3 Å². The third kappa shape index (κ3) is 5.90. The molecule has 1 fully saturated rings. The van der Waals surface area contributed by atoms with Crippen molar-refractivity contribution in [2.45, 2.75) is 31.7 Å². The standard InChI is InChI=1S/C20H20ClF3N2O4S/c1-31(28,29)26-11-5-4-7-17(26)19(27)25-13-9-10-14(16(21)12-13)15-6-2-3-8-18(15)30-20(22,23)24/h2-3,6,8-10,12,17H,4-5,7,11H2,1H3,(H,25,27)/t17-/m1/s1. The highest BCUT2D eigenvalue weighted by atomic mass is 35.5. The van der Waals surface area contributed by atoms with E-state index in [0.29, 0.717) is 18.5 Å².